The van der Waals surface area contributed by atoms with Gasteiger partial charge in [-0.05, 0) is 50.3 Å². The molecule has 1 aromatic carbocycles. The number of rotatable bonds is 3. The van der Waals surface area contributed by atoms with E-state index in [2.05, 4.69) is 34.5 Å². The van der Waals surface area contributed by atoms with E-state index in [-0.39, 0.29) is 23.7 Å². The van der Waals surface area contributed by atoms with Gasteiger partial charge in [0.1, 0.15) is 0 Å². The van der Waals surface area contributed by atoms with Crippen LogP contribution in [0.1, 0.15) is 36.8 Å². The van der Waals surface area contributed by atoms with Gasteiger partial charge in [-0.1, -0.05) is 24.3 Å². The fourth-order valence-electron chi connectivity index (χ4n) is 4.69. The average molecular weight is 321 g/mol. The minimum absolute atomic E-state index is 0. The van der Waals surface area contributed by atoms with Crippen LogP contribution in [0.15, 0.2) is 24.3 Å². The largest absolute Gasteiger partial charge is 0.338 e. The number of hydrogen-bond acceptors (Lipinski definition) is 2. The van der Waals surface area contributed by atoms with E-state index in [4.69, 9.17) is 0 Å². The minimum atomic E-state index is 0. The molecule has 1 saturated heterocycles. The number of hydrogen-bond donors (Lipinski definition) is 1. The van der Waals surface area contributed by atoms with Crippen molar-refractivity contribution in [2.24, 2.45) is 5.92 Å². The summed E-state index contributed by atoms with van der Waals surface area (Å²) in [6.07, 6.45) is 5.72. The van der Waals surface area contributed by atoms with Crippen LogP contribution in [-0.2, 0) is 16.6 Å². The molecule has 0 radical (unpaired) electrons. The number of benzene rings is 1. The highest BCUT2D eigenvalue weighted by Crippen LogP contribution is 2.62. The lowest BCUT2D eigenvalue weighted by atomic mass is 9.95. The van der Waals surface area contributed by atoms with Crippen molar-refractivity contribution in [1.29, 1.82) is 0 Å². The number of likely N-dealkylation sites (N-methyl/N-ethyl adjacent to an activating group) is 1. The number of amides is 1. The van der Waals surface area contributed by atoms with Gasteiger partial charge in [0.2, 0.25) is 5.91 Å². The molecule has 1 heterocycles. The lowest BCUT2D eigenvalue weighted by Gasteiger charge is -2.26. The standard InChI is InChI=1S/C18H24N2O.ClH/c1-19-12-14-6-4-10-20(14)17(21)16-11-18(16)9-8-13-5-2-3-7-15(13)18;/h2-3,5,7,14,16,19H,4,6,8-12H2,1H3;1H. The molecule has 3 aliphatic rings. The summed E-state index contributed by atoms with van der Waals surface area (Å²) in [5.74, 6) is 0.669. The fraction of sp³-hybridized carbons (Fsp3) is 0.611. The predicted octanol–water partition coefficient (Wildman–Crippen LogP) is 2.52. The molecule has 1 spiro atoms. The third-order valence-electron chi connectivity index (χ3n) is 5.87. The van der Waals surface area contributed by atoms with Crippen molar-refractivity contribution in [3.8, 4) is 0 Å². The predicted molar refractivity (Wildman–Crippen MR) is 90.5 cm³/mol. The van der Waals surface area contributed by atoms with Crippen molar-refractivity contribution < 1.29 is 4.79 Å². The van der Waals surface area contributed by atoms with Gasteiger partial charge in [-0.25, -0.2) is 0 Å². The quantitative estimate of drug-likeness (QED) is 0.928. The monoisotopic (exact) mass is 320 g/mol. The molecule has 0 bridgehead atoms. The van der Waals surface area contributed by atoms with Gasteiger partial charge < -0.3 is 10.2 Å². The molecule has 2 fully saturated rings. The van der Waals surface area contributed by atoms with Gasteiger partial charge in [0.25, 0.3) is 0 Å². The molecule has 1 amide bonds. The Kier molecular flexibility index (Phi) is 4.21. The lowest BCUT2D eigenvalue weighted by molar-refractivity contribution is -0.133. The molecule has 2 aliphatic carbocycles. The second kappa shape index (κ2) is 5.86. The van der Waals surface area contributed by atoms with E-state index in [1.54, 1.807) is 0 Å². The smallest absolute Gasteiger partial charge is 0.226 e. The first kappa shape index (κ1) is 15.8. The third-order valence-corrected chi connectivity index (χ3v) is 5.87. The van der Waals surface area contributed by atoms with Crippen molar-refractivity contribution in [1.82, 2.24) is 10.2 Å². The zero-order valence-corrected chi connectivity index (χ0v) is 14.0. The van der Waals surface area contributed by atoms with Crippen LogP contribution >= 0.6 is 12.4 Å². The van der Waals surface area contributed by atoms with Crippen LogP contribution in [0, 0.1) is 5.92 Å². The van der Waals surface area contributed by atoms with E-state index in [1.165, 1.54) is 17.5 Å². The zero-order chi connectivity index (χ0) is 14.4. The Labute approximate surface area is 138 Å². The van der Waals surface area contributed by atoms with E-state index in [1.807, 2.05) is 7.05 Å². The van der Waals surface area contributed by atoms with Crippen LogP contribution in [0.2, 0.25) is 0 Å². The Morgan fingerprint density at radius 1 is 1.41 bits per heavy atom. The number of carbonyl (C=O) groups is 1. The van der Waals surface area contributed by atoms with E-state index in [9.17, 15) is 4.79 Å². The molecule has 3 unspecified atom stereocenters. The van der Waals surface area contributed by atoms with Gasteiger partial charge >= 0.3 is 0 Å². The van der Waals surface area contributed by atoms with Crippen molar-refractivity contribution >= 4 is 18.3 Å². The SMILES string of the molecule is CNCC1CCCN1C(=O)C1CC12CCc1ccccc12.Cl. The van der Waals surface area contributed by atoms with Crippen molar-refractivity contribution in [2.75, 3.05) is 20.1 Å². The maximum Gasteiger partial charge on any atom is 0.226 e. The highest BCUT2D eigenvalue weighted by atomic mass is 35.5. The van der Waals surface area contributed by atoms with Gasteiger partial charge in [0.15, 0.2) is 0 Å². The van der Waals surface area contributed by atoms with Crippen LogP contribution < -0.4 is 5.32 Å². The Morgan fingerprint density at radius 2 is 2.23 bits per heavy atom. The van der Waals surface area contributed by atoms with Crippen LogP contribution in [0.4, 0.5) is 0 Å². The van der Waals surface area contributed by atoms with Crippen LogP contribution in [0.25, 0.3) is 0 Å². The maximum absolute atomic E-state index is 13.0. The molecule has 1 aromatic rings. The average Bonchev–Trinajstić information content (AvgIpc) is 2.85. The number of likely N-dealkylation sites (tertiary alicyclic amines) is 1. The van der Waals surface area contributed by atoms with E-state index in [0.717, 1.165) is 38.8 Å². The normalized spacial score (nSPS) is 32.0. The summed E-state index contributed by atoms with van der Waals surface area (Å²) < 4.78 is 0. The Bertz CT molecular complexity index is 576. The molecular formula is C18H25ClN2O. The number of nitrogens with zero attached hydrogens (tertiary/aromatic N) is 1. The number of nitrogens with one attached hydrogen (secondary N) is 1. The highest BCUT2D eigenvalue weighted by Gasteiger charge is 2.62. The Morgan fingerprint density at radius 3 is 3.05 bits per heavy atom. The van der Waals surface area contributed by atoms with Crippen LogP contribution in [0.5, 0.6) is 0 Å². The molecule has 1 saturated carbocycles. The van der Waals surface area contributed by atoms with Crippen molar-refractivity contribution in [3.05, 3.63) is 35.4 Å². The first-order valence-electron chi connectivity index (χ1n) is 8.30. The number of halogens is 1. The first-order chi connectivity index (χ1) is 10.3. The summed E-state index contributed by atoms with van der Waals surface area (Å²) in [5.41, 5.74) is 3.13. The molecule has 1 aliphatic heterocycles. The molecule has 3 atom stereocenters. The second-order valence-corrected chi connectivity index (χ2v) is 6.96. The van der Waals surface area contributed by atoms with Crippen molar-refractivity contribution in [3.63, 3.8) is 0 Å². The summed E-state index contributed by atoms with van der Waals surface area (Å²) in [6, 6.07) is 9.16. The maximum atomic E-state index is 13.0. The van der Waals surface area contributed by atoms with Gasteiger partial charge in [0.05, 0.1) is 0 Å². The van der Waals surface area contributed by atoms with Crippen LogP contribution in [-0.4, -0.2) is 37.0 Å². The summed E-state index contributed by atoms with van der Waals surface area (Å²) in [4.78, 5) is 15.1. The molecule has 1 N–H and O–H groups in total. The number of fused-ring (bicyclic) bond motifs is 2. The van der Waals surface area contributed by atoms with Gasteiger partial charge in [-0.3, -0.25) is 4.79 Å². The second-order valence-electron chi connectivity index (χ2n) is 6.96. The third kappa shape index (κ3) is 2.26. The van der Waals surface area contributed by atoms with E-state index >= 15 is 0 Å². The molecule has 4 heteroatoms. The van der Waals surface area contributed by atoms with E-state index in [0.29, 0.717) is 11.9 Å². The van der Waals surface area contributed by atoms with Gasteiger partial charge in [0, 0.05) is 30.5 Å². The molecule has 0 aromatic heterocycles. The topological polar surface area (TPSA) is 32.3 Å². The summed E-state index contributed by atoms with van der Waals surface area (Å²) >= 11 is 0. The zero-order valence-electron chi connectivity index (χ0n) is 13.2. The van der Waals surface area contributed by atoms with Crippen LogP contribution in [0.3, 0.4) is 0 Å². The Balaban J connectivity index is 0.00000144. The van der Waals surface area contributed by atoms with Gasteiger partial charge in [-0.15, -0.1) is 12.4 Å². The number of carbonyl (C=O) groups excluding carboxylic acids is 1. The number of aryl methyl sites for hydroxylation is 1. The van der Waals surface area contributed by atoms with E-state index < -0.39 is 0 Å². The molecule has 4 rings (SSSR count). The molecule has 3 nitrogen and oxygen atoms in total. The molecular weight excluding hydrogens is 296 g/mol. The Hall–Kier alpha value is -1.06. The van der Waals surface area contributed by atoms with Gasteiger partial charge in [-0.2, -0.15) is 0 Å². The van der Waals surface area contributed by atoms with Crippen molar-refractivity contribution in [2.45, 2.75) is 43.6 Å². The highest BCUT2D eigenvalue weighted by molar-refractivity contribution is 5.86. The lowest BCUT2D eigenvalue weighted by Crippen LogP contribution is -2.42. The summed E-state index contributed by atoms with van der Waals surface area (Å²) in [7, 11) is 1.98. The first-order valence-corrected chi connectivity index (χ1v) is 8.30. The minimum Gasteiger partial charge on any atom is -0.338 e. The summed E-state index contributed by atoms with van der Waals surface area (Å²) in [6.45, 7) is 1.89. The molecule has 120 valence electrons. The molecule has 22 heavy (non-hydrogen) atoms. The fourth-order valence-corrected chi connectivity index (χ4v) is 4.69. The summed E-state index contributed by atoms with van der Waals surface area (Å²) in [5, 5.41) is 3.24.